The predicted octanol–water partition coefficient (Wildman–Crippen LogP) is 5.20. The van der Waals surface area contributed by atoms with Crippen LogP contribution in [0.25, 0.3) is 0 Å². The van der Waals surface area contributed by atoms with Crippen molar-refractivity contribution in [3.05, 3.63) is 12.2 Å². The fraction of sp³-hybridized carbons (Fsp3) is 0.895. The van der Waals surface area contributed by atoms with Crippen molar-refractivity contribution in [2.45, 2.75) is 90.4 Å². The van der Waals surface area contributed by atoms with Crippen LogP contribution in [0.4, 0.5) is 0 Å². The largest absolute Gasteiger partial charge is 0.244 e. The molecule has 0 unspecified atom stereocenters. The molecule has 0 bridgehead atoms. The van der Waals surface area contributed by atoms with E-state index in [0.717, 1.165) is 6.54 Å². The zero-order valence-electron chi connectivity index (χ0n) is 15.5. The first-order valence-corrected chi connectivity index (χ1v) is 9.62. The molecule has 22 heavy (non-hydrogen) atoms. The topological polar surface area (TPSA) is 27.3 Å². The second-order valence-electron chi connectivity index (χ2n) is 6.21. The van der Waals surface area contributed by atoms with Crippen LogP contribution in [0.2, 0.25) is 0 Å². The Bertz CT molecular complexity index is 225. The lowest BCUT2D eigenvalue weighted by Gasteiger charge is -2.16. The molecular formula is C19H41N3. The molecule has 0 saturated heterocycles. The summed E-state index contributed by atoms with van der Waals surface area (Å²) in [6, 6.07) is 0. The van der Waals surface area contributed by atoms with E-state index in [1.807, 2.05) is 19.2 Å². The van der Waals surface area contributed by atoms with Gasteiger partial charge in [-0.05, 0) is 12.8 Å². The second kappa shape index (κ2) is 18.7. The van der Waals surface area contributed by atoms with Gasteiger partial charge in [-0.3, -0.25) is 0 Å². The summed E-state index contributed by atoms with van der Waals surface area (Å²) in [6.07, 6.45) is 22.9. The van der Waals surface area contributed by atoms with Gasteiger partial charge in [0.05, 0.1) is 0 Å². The minimum atomic E-state index is 0.908. The normalized spacial score (nSPS) is 11.8. The van der Waals surface area contributed by atoms with Gasteiger partial charge in [0.25, 0.3) is 0 Å². The Hall–Kier alpha value is -0.380. The van der Waals surface area contributed by atoms with Crippen LogP contribution in [0.3, 0.4) is 0 Å². The van der Waals surface area contributed by atoms with Crippen LogP contribution in [-0.4, -0.2) is 25.8 Å². The molecule has 0 aliphatic heterocycles. The number of hydrogen-bond donors (Lipinski definition) is 2. The Labute approximate surface area is 139 Å². The third-order valence-electron chi connectivity index (χ3n) is 4.22. The van der Waals surface area contributed by atoms with Crippen molar-refractivity contribution >= 4 is 0 Å². The zero-order valence-corrected chi connectivity index (χ0v) is 15.5. The Balaban J connectivity index is 3.12. The Morgan fingerprint density at radius 3 is 1.55 bits per heavy atom. The van der Waals surface area contributed by atoms with Crippen molar-refractivity contribution in [3.63, 3.8) is 0 Å². The molecule has 0 heterocycles. The van der Waals surface area contributed by atoms with Crippen molar-refractivity contribution in [1.82, 2.24) is 16.0 Å². The Morgan fingerprint density at radius 1 is 0.636 bits per heavy atom. The molecule has 0 saturated carbocycles. The van der Waals surface area contributed by atoms with E-state index in [4.69, 9.17) is 0 Å². The van der Waals surface area contributed by atoms with Gasteiger partial charge >= 0.3 is 0 Å². The first kappa shape index (κ1) is 21.6. The van der Waals surface area contributed by atoms with Gasteiger partial charge < -0.3 is 0 Å². The van der Waals surface area contributed by atoms with Gasteiger partial charge in [-0.2, -0.15) is 5.12 Å². The summed E-state index contributed by atoms with van der Waals surface area (Å²) >= 11 is 0. The summed E-state index contributed by atoms with van der Waals surface area (Å²) in [5.74, 6) is 0. The summed E-state index contributed by atoms with van der Waals surface area (Å²) in [4.78, 5) is 0. The standard InChI is InChI=1S/C19H41N3/c1-4-5-6-7-8-9-10-11-12-13-14-15-16-17-18-19-22(20-2)21-3/h17-18,20-21H,4-16,19H2,1-3H3. The number of hydrazine groups is 2. The van der Waals surface area contributed by atoms with Gasteiger partial charge in [-0.1, -0.05) is 89.7 Å². The predicted molar refractivity (Wildman–Crippen MR) is 99.7 cm³/mol. The van der Waals surface area contributed by atoms with E-state index in [-0.39, 0.29) is 0 Å². The van der Waals surface area contributed by atoms with Gasteiger partial charge in [-0.25, -0.2) is 10.9 Å². The second-order valence-corrected chi connectivity index (χ2v) is 6.21. The van der Waals surface area contributed by atoms with Gasteiger partial charge in [0.2, 0.25) is 0 Å². The van der Waals surface area contributed by atoms with E-state index in [1.54, 1.807) is 0 Å². The third kappa shape index (κ3) is 16.0. The highest BCUT2D eigenvalue weighted by molar-refractivity contribution is 4.83. The molecule has 0 aliphatic carbocycles. The SMILES string of the molecule is CCCCCCCCCCCCCCC=CCN(NC)NC. The maximum absolute atomic E-state index is 3.07. The van der Waals surface area contributed by atoms with Crippen LogP contribution in [0.1, 0.15) is 90.4 Å². The van der Waals surface area contributed by atoms with Gasteiger partial charge in [-0.15, -0.1) is 0 Å². The van der Waals surface area contributed by atoms with E-state index in [1.165, 1.54) is 83.5 Å². The summed E-state index contributed by atoms with van der Waals surface area (Å²) < 4.78 is 0. The van der Waals surface area contributed by atoms with Crippen LogP contribution < -0.4 is 10.9 Å². The number of nitrogens with one attached hydrogen (secondary N) is 2. The number of allylic oxidation sites excluding steroid dienone is 1. The Morgan fingerprint density at radius 2 is 1.09 bits per heavy atom. The lowest BCUT2D eigenvalue weighted by Crippen LogP contribution is -2.44. The van der Waals surface area contributed by atoms with E-state index in [0.29, 0.717) is 0 Å². The Kier molecular flexibility index (Phi) is 18.3. The molecule has 132 valence electrons. The number of rotatable bonds is 17. The monoisotopic (exact) mass is 311 g/mol. The smallest absolute Gasteiger partial charge is 0.0468 e. The highest BCUT2D eigenvalue weighted by Crippen LogP contribution is 2.12. The van der Waals surface area contributed by atoms with Gasteiger partial charge in [0.15, 0.2) is 0 Å². The van der Waals surface area contributed by atoms with Crippen LogP contribution in [0.5, 0.6) is 0 Å². The fourth-order valence-corrected chi connectivity index (χ4v) is 2.70. The van der Waals surface area contributed by atoms with E-state index >= 15 is 0 Å². The molecule has 0 spiro atoms. The lowest BCUT2D eigenvalue weighted by molar-refractivity contribution is 0.166. The average Bonchev–Trinajstić information content (AvgIpc) is 2.55. The molecule has 3 nitrogen and oxygen atoms in total. The molecule has 0 fully saturated rings. The molecule has 0 atom stereocenters. The molecule has 0 amide bonds. The number of nitrogens with zero attached hydrogens (tertiary/aromatic N) is 1. The average molecular weight is 312 g/mol. The molecule has 2 N–H and O–H groups in total. The van der Waals surface area contributed by atoms with E-state index in [2.05, 4.69) is 29.9 Å². The van der Waals surface area contributed by atoms with Crippen molar-refractivity contribution in [3.8, 4) is 0 Å². The molecule has 0 aromatic rings. The van der Waals surface area contributed by atoms with Gasteiger partial charge in [0, 0.05) is 20.6 Å². The minimum absolute atomic E-state index is 0.908. The molecule has 0 aliphatic rings. The quantitative estimate of drug-likeness (QED) is 0.219. The number of unbranched alkanes of at least 4 members (excludes halogenated alkanes) is 12. The molecule has 0 aromatic carbocycles. The van der Waals surface area contributed by atoms with Crippen molar-refractivity contribution in [2.24, 2.45) is 0 Å². The lowest BCUT2D eigenvalue weighted by atomic mass is 10.0. The summed E-state index contributed by atoms with van der Waals surface area (Å²) in [5.41, 5.74) is 6.14. The molecule has 0 radical (unpaired) electrons. The van der Waals surface area contributed by atoms with Crippen LogP contribution >= 0.6 is 0 Å². The van der Waals surface area contributed by atoms with Crippen molar-refractivity contribution in [1.29, 1.82) is 0 Å². The summed E-state index contributed by atoms with van der Waals surface area (Å²) in [6.45, 7) is 3.19. The third-order valence-corrected chi connectivity index (χ3v) is 4.22. The van der Waals surface area contributed by atoms with Crippen LogP contribution in [0.15, 0.2) is 12.2 Å². The van der Waals surface area contributed by atoms with E-state index < -0.39 is 0 Å². The summed E-state index contributed by atoms with van der Waals surface area (Å²) in [5, 5.41) is 1.96. The minimum Gasteiger partial charge on any atom is -0.244 e. The van der Waals surface area contributed by atoms with Crippen LogP contribution in [-0.2, 0) is 0 Å². The summed E-state index contributed by atoms with van der Waals surface area (Å²) in [7, 11) is 3.85. The first-order chi connectivity index (χ1) is 10.8. The van der Waals surface area contributed by atoms with Crippen molar-refractivity contribution in [2.75, 3.05) is 20.6 Å². The maximum Gasteiger partial charge on any atom is 0.0468 e. The highest BCUT2D eigenvalue weighted by atomic mass is 15.7. The van der Waals surface area contributed by atoms with Gasteiger partial charge in [0.1, 0.15) is 0 Å². The molecular weight excluding hydrogens is 270 g/mol. The molecule has 3 heteroatoms. The van der Waals surface area contributed by atoms with Crippen molar-refractivity contribution < 1.29 is 0 Å². The highest BCUT2D eigenvalue weighted by Gasteiger charge is 1.94. The molecule has 0 aromatic heterocycles. The molecule has 0 rings (SSSR count). The maximum atomic E-state index is 3.07. The first-order valence-electron chi connectivity index (χ1n) is 9.62. The number of hydrogen-bond acceptors (Lipinski definition) is 3. The fourth-order valence-electron chi connectivity index (χ4n) is 2.70. The zero-order chi connectivity index (χ0) is 16.3. The van der Waals surface area contributed by atoms with E-state index in [9.17, 15) is 0 Å². The van der Waals surface area contributed by atoms with Crippen LogP contribution in [0, 0.1) is 0 Å².